The van der Waals surface area contributed by atoms with Crippen molar-refractivity contribution in [2.75, 3.05) is 40.9 Å². The Balaban J connectivity index is 4.27. The molecule has 0 spiro atoms. The molecule has 0 aromatic carbocycles. The number of quaternary nitrogens is 1. The number of nitrogens with zero attached hydrogens (tertiary/aromatic N) is 1. The molecule has 0 aromatic rings. The molecule has 7 heteroatoms. The summed E-state index contributed by atoms with van der Waals surface area (Å²) in [5, 5.41) is 0. The Morgan fingerprint density at radius 1 is 0.434 bits per heavy atom. The summed E-state index contributed by atoms with van der Waals surface area (Å²) in [6.45, 7) is 5.19. The maximum atomic E-state index is 12.7. The molecule has 0 radical (unpaired) electrons. The van der Waals surface area contributed by atoms with Crippen molar-refractivity contribution >= 4 is 17.9 Å². The fourth-order valence-corrected chi connectivity index (χ4v) is 6.25. The minimum atomic E-state index is -0.786. The normalized spacial score (nSPS) is 12.5. The van der Waals surface area contributed by atoms with Gasteiger partial charge in [0.25, 0.3) is 0 Å². The highest BCUT2D eigenvalue weighted by molar-refractivity contribution is 5.71. The highest BCUT2D eigenvalue weighted by Crippen LogP contribution is 2.13. The Morgan fingerprint density at radius 2 is 0.755 bits per heavy atom. The molecule has 0 saturated carbocycles. The number of hydrogen-bond acceptors (Lipinski definition) is 6. The maximum absolute atomic E-state index is 12.7. The van der Waals surface area contributed by atoms with Crippen LogP contribution >= 0.6 is 0 Å². The Labute approximate surface area is 328 Å². The molecule has 310 valence electrons. The van der Waals surface area contributed by atoms with Gasteiger partial charge >= 0.3 is 17.9 Å². The van der Waals surface area contributed by atoms with Gasteiger partial charge in [-0.2, -0.15) is 0 Å². The van der Waals surface area contributed by atoms with Crippen LogP contribution in [-0.4, -0.2) is 69.4 Å². The van der Waals surface area contributed by atoms with Crippen molar-refractivity contribution < 1.29 is 33.1 Å². The third-order valence-corrected chi connectivity index (χ3v) is 9.65. The van der Waals surface area contributed by atoms with Gasteiger partial charge in [-0.1, -0.05) is 141 Å². The number of carbonyl (C=O) groups excluding carboxylic acids is 3. The molecule has 0 aromatic heterocycles. The average molecular weight is 749 g/mol. The minimum absolute atomic E-state index is 0.0891. The zero-order valence-electron chi connectivity index (χ0n) is 35.6. The predicted octanol–water partition coefficient (Wildman–Crippen LogP) is 12.5. The predicted molar refractivity (Wildman–Crippen MR) is 223 cm³/mol. The molecule has 53 heavy (non-hydrogen) atoms. The van der Waals surface area contributed by atoms with E-state index in [4.69, 9.17) is 14.2 Å². The molecule has 0 fully saturated rings. The van der Waals surface area contributed by atoms with Gasteiger partial charge in [-0.25, -0.2) is 0 Å². The summed E-state index contributed by atoms with van der Waals surface area (Å²) in [7, 11) is 6.26. The molecule has 0 unspecified atom stereocenters. The Bertz CT molecular complexity index is 908. The summed E-state index contributed by atoms with van der Waals surface area (Å²) in [6.07, 6.45) is 41.5. The van der Waals surface area contributed by atoms with E-state index >= 15 is 0 Å². The molecule has 0 aliphatic heterocycles. The fraction of sp³-hybridized carbons (Fsp3) is 0.848. The van der Waals surface area contributed by atoms with Crippen LogP contribution in [0.2, 0.25) is 0 Å². The van der Waals surface area contributed by atoms with Crippen LogP contribution in [0.15, 0.2) is 24.3 Å². The van der Waals surface area contributed by atoms with E-state index < -0.39 is 6.10 Å². The van der Waals surface area contributed by atoms with Gasteiger partial charge in [0.15, 0.2) is 6.10 Å². The summed E-state index contributed by atoms with van der Waals surface area (Å²) < 4.78 is 17.4. The molecule has 7 nitrogen and oxygen atoms in total. The van der Waals surface area contributed by atoms with Crippen LogP contribution in [0.3, 0.4) is 0 Å². The first kappa shape index (κ1) is 50.9. The van der Waals surface area contributed by atoms with E-state index in [-0.39, 0.29) is 31.1 Å². The number of hydrogen-bond donors (Lipinski definition) is 0. The SMILES string of the molecule is CCCCCCCCC=CCCCCCCCC(=O)OC[C@H](COC(=O)CCC[N+](C)(C)C)OC(=O)CCCCCCCC=CCCCCCCCC. The van der Waals surface area contributed by atoms with Crippen LogP contribution in [0.1, 0.15) is 206 Å². The molecule has 0 amide bonds. The topological polar surface area (TPSA) is 78.9 Å². The second-order valence-electron chi connectivity index (χ2n) is 16.3. The van der Waals surface area contributed by atoms with Gasteiger partial charge in [-0.3, -0.25) is 14.4 Å². The van der Waals surface area contributed by atoms with Crippen LogP contribution in [-0.2, 0) is 28.6 Å². The molecule has 0 rings (SSSR count). The van der Waals surface area contributed by atoms with Gasteiger partial charge in [0, 0.05) is 19.3 Å². The van der Waals surface area contributed by atoms with Crippen LogP contribution in [0.4, 0.5) is 0 Å². The first-order valence-electron chi connectivity index (χ1n) is 22.3. The minimum Gasteiger partial charge on any atom is -0.462 e. The summed E-state index contributed by atoms with van der Waals surface area (Å²) >= 11 is 0. The number of esters is 3. The third-order valence-electron chi connectivity index (χ3n) is 9.65. The average Bonchev–Trinajstić information content (AvgIpc) is 3.12. The van der Waals surface area contributed by atoms with Gasteiger partial charge in [0.1, 0.15) is 13.2 Å². The van der Waals surface area contributed by atoms with Crippen molar-refractivity contribution in [1.82, 2.24) is 0 Å². The number of ether oxygens (including phenoxy) is 3. The summed E-state index contributed by atoms with van der Waals surface area (Å²) in [5.41, 5.74) is 0. The number of unbranched alkanes of at least 4 members (excludes halogenated alkanes) is 22. The van der Waals surface area contributed by atoms with E-state index in [2.05, 4.69) is 59.3 Å². The van der Waals surface area contributed by atoms with E-state index in [9.17, 15) is 14.4 Å². The highest BCUT2D eigenvalue weighted by atomic mass is 16.6. The van der Waals surface area contributed by atoms with Crippen molar-refractivity contribution in [2.24, 2.45) is 0 Å². The smallest absolute Gasteiger partial charge is 0.306 e. The number of allylic oxidation sites excluding steroid dienone is 4. The number of rotatable bonds is 39. The first-order valence-corrected chi connectivity index (χ1v) is 22.3. The monoisotopic (exact) mass is 749 g/mol. The molecule has 0 aliphatic carbocycles. The maximum Gasteiger partial charge on any atom is 0.306 e. The van der Waals surface area contributed by atoms with Crippen molar-refractivity contribution in [3.8, 4) is 0 Å². The highest BCUT2D eigenvalue weighted by Gasteiger charge is 2.20. The van der Waals surface area contributed by atoms with Gasteiger partial charge in [-0.15, -0.1) is 0 Å². The summed E-state index contributed by atoms with van der Waals surface area (Å²) in [4.78, 5) is 37.5. The van der Waals surface area contributed by atoms with Gasteiger partial charge < -0.3 is 18.7 Å². The zero-order valence-corrected chi connectivity index (χ0v) is 35.6. The Kier molecular flexibility index (Phi) is 36.6. The first-order chi connectivity index (χ1) is 25.7. The summed E-state index contributed by atoms with van der Waals surface area (Å²) in [5.74, 6) is -0.950. The molecule has 1 atom stereocenters. The van der Waals surface area contributed by atoms with Gasteiger partial charge in [-0.05, 0) is 64.2 Å². The van der Waals surface area contributed by atoms with Crippen molar-refractivity contribution in [2.45, 2.75) is 213 Å². The number of carbonyl (C=O) groups is 3. The van der Waals surface area contributed by atoms with Crippen molar-refractivity contribution in [3.63, 3.8) is 0 Å². The van der Waals surface area contributed by atoms with E-state index in [1.54, 1.807) is 0 Å². The molecular formula is C46H86NO6+. The standard InChI is InChI=1S/C46H86NO6/c1-6-8-10-12-14-16-18-20-22-24-26-28-30-32-34-37-44(48)51-41-43(42-52-45(49)39-36-40-47(3,4)5)53-46(50)38-35-33-31-29-27-25-23-21-19-17-15-13-11-9-7-2/h20-23,43H,6-19,24-42H2,1-5H3/q+1/t43-/m1/s1. The van der Waals surface area contributed by atoms with Gasteiger partial charge in [0.05, 0.1) is 34.1 Å². The van der Waals surface area contributed by atoms with E-state index in [1.165, 1.54) is 109 Å². The fourth-order valence-electron chi connectivity index (χ4n) is 6.25. The second-order valence-corrected chi connectivity index (χ2v) is 16.3. The van der Waals surface area contributed by atoms with Gasteiger partial charge in [0.2, 0.25) is 0 Å². The van der Waals surface area contributed by atoms with Crippen LogP contribution in [0, 0.1) is 0 Å². The van der Waals surface area contributed by atoms with Crippen molar-refractivity contribution in [1.29, 1.82) is 0 Å². The zero-order chi connectivity index (χ0) is 39.1. The van der Waals surface area contributed by atoms with Crippen LogP contribution in [0.5, 0.6) is 0 Å². The third kappa shape index (κ3) is 40.9. The molecule has 0 N–H and O–H groups in total. The Morgan fingerprint density at radius 3 is 1.13 bits per heavy atom. The molecule has 0 bridgehead atoms. The van der Waals surface area contributed by atoms with Crippen LogP contribution < -0.4 is 0 Å². The van der Waals surface area contributed by atoms with Crippen molar-refractivity contribution in [3.05, 3.63) is 24.3 Å². The Hall–Kier alpha value is -2.15. The second kappa shape index (κ2) is 38.1. The van der Waals surface area contributed by atoms with Crippen LogP contribution in [0.25, 0.3) is 0 Å². The molecule has 0 aliphatic rings. The lowest BCUT2D eigenvalue weighted by Crippen LogP contribution is -2.35. The van der Waals surface area contributed by atoms with E-state index in [0.29, 0.717) is 25.7 Å². The lowest BCUT2D eigenvalue weighted by Gasteiger charge is -2.23. The van der Waals surface area contributed by atoms with E-state index in [1.807, 2.05) is 0 Å². The van der Waals surface area contributed by atoms with E-state index in [0.717, 1.165) is 68.8 Å². The lowest BCUT2D eigenvalue weighted by molar-refractivity contribution is -0.870. The summed E-state index contributed by atoms with van der Waals surface area (Å²) in [6, 6.07) is 0. The molecular weight excluding hydrogens is 663 g/mol. The molecule has 0 saturated heterocycles. The molecule has 0 heterocycles. The quantitative estimate of drug-likeness (QED) is 0.0205. The largest absolute Gasteiger partial charge is 0.462 e. The lowest BCUT2D eigenvalue weighted by atomic mass is 10.1.